The van der Waals surface area contributed by atoms with Crippen LogP contribution in [-0.2, 0) is 31.5 Å². The van der Waals surface area contributed by atoms with Gasteiger partial charge in [-0.15, -0.1) is 23.2 Å². The van der Waals surface area contributed by atoms with Crippen LogP contribution in [0.2, 0.25) is 0 Å². The van der Waals surface area contributed by atoms with Crippen molar-refractivity contribution >= 4 is 33.3 Å². The average molecular weight is 499 g/mol. The van der Waals surface area contributed by atoms with E-state index in [1.807, 2.05) is 20.8 Å². The van der Waals surface area contributed by atoms with Crippen LogP contribution in [0.5, 0.6) is 0 Å². The Bertz CT molecular complexity index is 983. The molecule has 0 saturated carbocycles. The summed E-state index contributed by atoms with van der Waals surface area (Å²) in [5.74, 6) is 0. The van der Waals surface area contributed by atoms with Crippen LogP contribution in [0.3, 0.4) is 0 Å². The van der Waals surface area contributed by atoms with Gasteiger partial charge < -0.3 is 5.11 Å². The standard InChI is InChI=1S/C21H23Cl2F3O4S/c1-19(2,3)14-8-10-17(11-9-14)31(28,29)30-13-20(27,12-18(22)23)15-4-6-16(7-5-15)21(24,25)26/h4-11,18,27H,12-13H2,1-3H3. The van der Waals surface area contributed by atoms with Crippen LogP contribution in [0.15, 0.2) is 53.4 Å². The SMILES string of the molecule is CC(C)(C)c1ccc(S(=O)(=O)OCC(O)(CC(Cl)Cl)c2ccc(C(F)(F)F)cc2)cc1. The Morgan fingerprint density at radius 1 is 0.903 bits per heavy atom. The molecule has 0 radical (unpaired) electrons. The van der Waals surface area contributed by atoms with E-state index >= 15 is 0 Å². The molecule has 2 aromatic rings. The largest absolute Gasteiger partial charge is 0.416 e. The third kappa shape index (κ3) is 6.83. The monoisotopic (exact) mass is 498 g/mol. The number of benzene rings is 2. The van der Waals surface area contributed by atoms with Gasteiger partial charge in [0.1, 0.15) is 10.4 Å². The third-order valence-corrected chi connectivity index (χ3v) is 6.29. The van der Waals surface area contributed by atoms with Crippen LogP contribution in [0.1, 0.15) is 43.9 Å². The van der Waals surface area contributed by atoms with Crippen molar-refractivity contribution in [3.63, 3.8) is 0 Å². The molecule has 1 unspecified atom stereocenters. The Morgan fingerprint density at radius 2 is 1.35 bits per heavy atom. The molecule has 0 amide bonds. The lowest BCUT2D eigenvalue weighted by Gasteiger charge is -2.29. The Kier molecular flexibility index (Phi) is 7.76. The normalized spacial score (nSPS) is 15.2. The number of alkyl halides is 5. The summed E-state index contributed by atoms with van der Waals surface area (Å²) in [5, 5.41) is 11.0. The molecule has 1 atom stereocenters. The van der Waals surface area contributed by atoms with Crippen molar-refractivity contribution in [1.82, 2.24) is 0 Å². The lowest BCUT2D eigenvalue weighted by atomic mass is 9.87. The predicted molar refractivity (Wildman–Crippen MR) is 114 cm³/mol. The fraction of sp³-hybridized carbons (Fsp3) is 0.429. The molecule has 0 aliphatic heterocycles. The summed E-state index contributed by atoms with van der Waals surface area (Å²) in [6.07, 6.45) is -4.92. The second-order valence-corrected chi connectivity index (χ2v) is 11.1. The molecule has 0 aliphatic rings. The molecular formula is C21H23Cl2F3O4S. The molecule has 2 aromatic carbocycles. The van der Waals surface area contributed by atoms with Gasteiger partial charge in [-0.05, 0) is 40.8 Å². The molecule has 0 aliphatic carbocycles. The zero-order chi connectivity index (χ0) is 23.7. The van der Waals surface area contributed by atoms with Crippen LogP contribution in [-0.4, -0.2) is 25.0 Å². The maximum Gasteiger partial charge on any atom is 0.416 e. The van der Waals surface area contributed by atoms with Crippen molar-refractivity contribution < 1.29 is 30.9 Å². The summed E-state index contributed by atoms with van der Waals surface area (Å²) in [7, 11) is -4.26. The average Bonchev–Trinajstić information content (AvgIpc) is 2.65. The van der Waals surface area contributed by atoms with Gasteiger partial charge in [0.05, 0.1) is 17.1 Å². The second-order valence-electron chi connectivity index (χ2n) is 8.19. The quantitative estimate of drug-likeness (QED) is 0.387. The van der Waals surface area contributed by atoms with Gasteiger partial charge in [-0.2, -0.15) is 21.6 Å². The molecule has 0 aromatic heterocycles. The maximum atomic E-state index is 12.8. The lowest BCUT2D eigenvalue weighted by Crippen LogP contribution is -2.35. The van der Waals surface area contributed by atoms with E-state index in [1.54, 1.807) is 12.1 Å². The minimum Gasteiger partial charge on any atom is -0.383 e. The molecule has 31 heavy (non-hydrogen) atoms. The van der Waals surface area contributed by atoms with Crippen molar-refractivity contribution in [3.05, 3.63) is 65.2 Å². The summed E-state index contributed by atoms with van der Waals surface area (Å²) in [6.45, 7) is 5.15. The van der Waals surface area contributed by atoms with Crippen molar-refractivity contribution in [1.29, 1.82) is 0 Å². The Balaban J connectivity index is 2.28. The summed E-state index contributed by atoms with van der Waals surface area (Å²) in [5.41, 5.74) is -2.22. The van der Waals surface area contributed by atoms with E-state index < -0.39 is 38.9 Å². The van der Waals surface area contributed by atoms with E-state index in [0.29, 0.717) is 0 Å². The van der Waals surface area contributed by atoms with Crippen molar-refractivity contribution in [3.8, 4) is 0 Å². The van der Waals surface area contributed by atoms with Gasteiger partial charge in [0.25, 0.3) is 10.1 Å². The summed E-state index contributed by atoms with van der Waals surface area (Å²) in [4.78, 5) is -1.24. The highest BCUT2D eigenvalue weighted by Gasteiger charge is 2.36. The number of hydrogen-bond acceptors (Lipinski definition) is 4. The fourth-order valence-electron chi connectivity index (χ4n) is 2.85. The molecule has 0 heterocycles. The molecule has 0 bridgehead atoms. The highest BCUT2D eigenvalue weighted by molar-refractivity contribution is 7.86. The Morgan fingerprint density at radius 3 is 1.77 bits per heavy atom. The molecule has 2 rings (SSSR count). The number of rotatable bonds is 7. The van der Waals surface area contributed by atoms with E-state index in [4.69, 9.17) is 27.4 Å². The first-order valence-corrected chi connectivity index (χ1v) is 11.5. The molecule has 0 fully saturated rings. The number of halogens is 5. The van der Waals surface area contributed by atoms with Gasteiger partial charge in [0.2, 0.25) is 0 Å². The second kappa shape index (κ2) is 9.27. The zero-order valence-corrected chi connectivity index (χ0v) is 19.4. The summed E-state index contributed by atoms with van der Waals surface area (Å²) in [6, 6.07) is 9.71. The molecule has 0 spiro atoms. The van der Waals surface area contributed by atoms with Crippen LogP contribution >= 0.6 is 23.2 Å². The van der Waals surface area contributed by atoms with E-state index in [0.717, 1.165) is 29.8 Å². The molecule has 172 valence electrons. The van der Waals surface area contributed by atoms with E-state index in [1.165, 1.54) is 12.1 Å². The first-order valence-electron chi connectivity index (χ1n) is 9.23. The number of hydrogen-bond donors (Lipinski definition) is 1. The molecule has 10 heteroatoms. The highest BCUT2D eigenvalue weighted by atomic mass is 35.5. The highest BCUT2D eigenvalue weighted by Crippen LogP contribution is 2.35. The van der Waals surface area contributed by atoms with E-state index in [9.17, 15) is 26.7 Å². The molecular weight excluding hydrogens is 476 g/mol. The maximum absolute atomic E-state index is 12.8. The van der Waals surface area contributed by atoms with E-state index in [-0.39, 0.29) is 22.3 Å². The first-order chi connectivity index (χ1) is 14.0. The van der Waals surface area contributed by atoms with Gasteiger partial charge in [0, 0.05) is 6.42 Å². The summed E-state index contributed by atoms with van der Waals surface area (Å²) >= 11 is 11.5. The van der Waals surface area contributed by atoms with Gasteiger partial charge >= 0.3 is 6.18 Å². The predicted octanol–water partition coefficient (Wildman–Crippen LogP) is 5.79. The third-order valence-electron chi connectivity index (χ3n) is 4.70. The minimum absolute atomic E-state index is 0.00918. The van der Waals surface area contributed by atoms with Crippen molar-refractivity contribution in [2.24, 2.45) is 0 Å². The molecule has 1 N–H and O–H groups in total. The van der Waals surface area contributed by atoms with Gasteiger partial charge in [-0.3, -0.25) is 4.18 Å². The van der Waals surface area contributed by atoms with Crippen LogP contribution in [0.25, 0.3) is 0 Å². The molecule has 4 nitrogen and oxygen atoms in total. The molecule has 0 saturated heterocycles. The number of aliphatic hydroxyl groups is 1. The Hall–Kier alpha value is -1.32. The van der Waals surface area contributed by atoms with Crippen molar-refractivity contribution in [2.75, 3.05) is 6.61 Å². The van der Waals surface area contributed by atoms with Gasteiger partial charge in [-0.25, -0.2) is 0 Å². The smallest absolute Gasteiger partial charge is 0.383 e. The lowest BCUT2D eigenvalue weighted by molar-refractivity contribution is -0.137. The first kappa shape index (κ1) is 25.9. The fourth-order valence-corrected chi connectivity index (χ4v) is 4.32. The van der Waals surface area contributed by atoms with Crippen molar-refractivity contribution in [2.45, 2.75) is 54.1 Å². The van der Waals surface area contributed by atoms with E-state index in [2.05, 4.69) is 0 Å². The topological polar surface area (TPSA) is 63.6 Å². The van der Waals surface area contributed by atoms with Crippen LogP contribution in [0, 0.1) is 0 Å². The Labute approximate surface area is 190 Å². The summed E-state index contributed by atoms with van der Waals surface area (Å²) < 4.78 is 68.7. The van der Waals surface area contributed by atoms with Gasteiger partial charge in [-0.1, -0.05) is 45.0 Å². The van der Waals surface area contributed by atoms with Crippen LogP contribution < -0.4 is 0 Å². The minimum atomic E-state index is -4.56. The zero-order valence-electron chi connectivity index (χ0n) is 17.1. The van der Waals surface area contributed by atoms with Crippen LogP contribution in [0.4, 0.5) is 13.2 Å². The van der Waals surface area contributed by atoms with Gasteiger partial charge in [0.15, 0.2) is 0 Å².